The summed E-state index contributed by atoms with van der Waals surface area (Å²) in [5.41, 5.74) is 3.77. The summed E-state index contributed by atoms with van der Waals surface area (Å²) in [6.45, 7) is 7.96. The first kappa shape index (κ1) is 21.8. The number of hydrogen-bond donors (Lipinski definition) is 0. The lowest BCUT2D eigenvalue weighted by molar-refractivity contribution is -0.0757. The third kappa shape index (κ3) is 3.77. The number of likely N-dealkylation sites (tertiary alicyclic amines) is 1. The molecule has 2 aliphatic heterocycles. The first-order chi connectivity index (χ1) is 16.2. The molecular weight excluding hydrogens is 472 g/mol. The number of halogens is 1. The molecule has 1 atom stereocenters. The van der Waals surface area contributed by atoms with E-state index in [1.807, 2.05) is 0 Å². The minimum absolute atomic E-state index is 0.410. The van der Waals surface area contributed by atoms with Gasteiger partial charge in [0, 0.05) is 23.6 Å². The standard InChI is InChI=1S/C29H41BrN2O/c30-26-3-1-2-25-22(4-7-31-10-12-33-13-11-31)19-29(27(25)26)5-8-32(9-6-29)28-23-15-20-14-21(17-23)18-24(28)16-20/h1-3,20-24,28H,4-19H2. The van der Waals surface area contributed by atoms with Crippen molar-refractivity contribution in [2.24, 2.45) is 23.7 Å². The highest BCUT2D eigenvalue weighted by atomic mass is 79.9. The molecule has 1 aromatic carbocycles. The molecule has 5 aliphatic carbocycles. The highest BCUT2D eigenvalue weighted by molar-refractivity contribution is 9.10. The molecule has 8 rings (SSSR count). The van der Waals surface area contributed by atoms with Gasteiger partial charge in [0.05, 0.1) is 13.2 Å². The van der Waals surface area contributed by atoms with Gasteiger partial charge in [-0.1, -0.05) is 28.1 Å². The van der Waals surface area contributed by atoms with E-state index in [0.29, 0.717) is 5.41 Å². The molecule has 1 aromatic rings. The maximum absolute atomic E-state index is 5.58. The van der Waals surface area contributed by atoms with E-state index < -0.39 is 0 Å². The number of nitrogens with zero attached hydrogens (tertiary/aromatic N) is 2. The van der Waals surface area contributed by atoms with Crippen molar-refractivity contribution in [2.75, 3.05) is 45.9 Å². The van der Waals surface area contributed by atoms with Crippen LogP contribution in [0.2, 0.25) is 0 Å². The van der Waals surface area contributed by atoms with Crippen LogP contribution in [0.3, 0.4) is 0 Å². The normalized spacial score (nSPS) is 39.9. The predicted molar refractivity (Wildman–Crippen MR) is 137 cm³/mol. The summed E-state index contributed by atoms with van der Waals surface area (Å²) in [7, 11) is 0. The second-order valence-electron chi connectivity index (χ2n) is 12.6. The lowest BCUT2D eigenvalue weighted by atomic mass is 9.53. The topological polar surface area (TPSA) is 15.7 Å². The second-order valence-corrected chi connectivity index (χ2v) is 13.4. The zero-order valence-electron chi connectivity index (χ0n) is 20.2. The minimum Gasteiger partial charge on any atom is -0.379 e. The van der Waals surface area contributed by atoms with Crippen molar-refractivity contribution in [3.63, 3.8) is 0 Å². The lowest BCUT2D eigenvalue weighted by Gasteiger charge is -2.58. The molecule has 1 spiro atoms. The van der Waals surface area contributed by atoms with E-state index in [4.69, 9.17) is 4.74 Å². The van der Waals surface area contributed by atoms with Crippen LogP contribution in [-0.4, -0.2) is 61.8 Å². The predicted octanol–water partition coefficient (Wildman–Crippen LogP) is 5.82. The third-order valence-electron chi connectivity index (χ3n) is 10.9. The smallest absolute Gasteiger partial charge is 0.0594 e. The SMILES string of the molecule is Brc1cccc2c1C1(CCN(C3C4CC5CC(C4)CC3C5)CC1)CC2CCN1CCOCC1. The molecule has 0 radical (unpaired) electrons. The summed E-state index contributed by atoms with van der Waals surface area (Å²) in [6, 6.07) is 7.98. The van der Waals surface area contributed by atoms with Crippen molar-refractivity contribution in [3.8, 4) is 0 Å². The highest BCUT2D eigenvalue weighted by Crippen LogP contribution is 2.58. The zero-order valence-corrected chi connectivity index (χ0v) is 21.8. The molecule has 2 saturated heterocycles. The van der Waals surface area contributed by atoms with Gasteiger partial charge >= 0.3 is 0 Å². The largest absolute Gasteiger partial charge is 0.379 e. The highest BCUT2D eigenvalue weighted by Gasteiger charge is 2.52. The Morgan fingerprint density at radius 1 is 0.909 bits per heavy atom. The van der Waals surface area contributed by atoms with Gasteiger partial charge in [-0.15, -0.1) is 0 Å². The molecule has 0 amide bonds. The van der Waals surface area contributed by atoms with Crippen molar-refractivity contribution in [2.45, 2.75) is 75.2 Å². The van der Waals surface area contributed by atoms with Crippen LogP contribution >= 0.6 is 15.9 Å². The van der Waals surface area contributed by atoms with Gasteiger partial charge in [-0.2, -0.15) is 0 Å². The zero-order chi connectivity index (χ0) is 22.0. The molecular formula is C29H41BrN2O. The number of piperidine rings is 1. The maximum atomic E-state index is 5.58. The Morgan fingerprint density at radius 3 is 2.30 bits per heavy atom. The van der Waals surface area contributed by atoms with Crippen molar-refractivity contribution < 1.29 is 4.74 Å². The molecule has 4 heteroatoms. The maximum Gasteiger partial charge on any atom is 0.0594 e. The van der Waals surface area contributed by atoms with Crippen LogP contribution in [0.1, 0.15) is 74.8 Å². The van der Waals surface area contributed by atoms with Gasteiger partial charge < -0.3 is 4.74 Å². The van der Waals surface area contributed by atoms with Crippen molar-refractivity contribution in [3.05, 3.63) is 33.8 Å². The fraction of sp³-hybridized carbons (Fsp3) is 0.793. The van der Waals surface area contributed by atoms with Crippen LogP contribution in [-0.2, 0) is 10.2 Å². The van der Waals surface area contributed by atoms with Gasteiger partial charge in [-0.05, 0) is 130 Å². The Morgan fingerprint density at radius 2 is 1.61 bits per heavy atom. The molecule has 4 saturated carbocycles. The Kier molecular flexibility index (Phi) is 5.69. The van der Waals surface area contributed by atoms with Gasteiger partial charge in [0.1, 0.15) is 0 Å². The summed E-state index contributed by atoms with van der Waals surface area (Å²) in [5.74, 6) is 4.96. The van der Waals surface area contributed by atoms with E-state index in [1.54, 1.807) is 43.2 Å². The molecule has 3 nitrogen and oxygen atoms in total. The van der Waals surface area contributed by atoms with Crippen molar-refractivity contribution in [1.29, 1.82) is 0 Å². The van der Waals surface area contributed by atoms with Crippen LogP contribution in [0.5, 0.6) is 0 Å². The number of fused-ring (bicyclic) bond motifs is 2. The van der Waals surface area contributed by atoms with Gasteiger partial charge in [0.2, 0.25) is 0 Å². The van der Waals surface area contributed by atoms with Crippen LogP contribution in [0, 0.1) is 23.7 Å². The molecule has 7 aliphatic rings. The summed E-state index contributed by atoms with van der Waals surface area (Å²) >= 11 is 4.02. The summed E-state index contributed by atoms with van der Waals surface area (Å²) in [4.78, 5) is 5.62. The first-order valence-corrected chi connectivity index (χ1v) is 14.8. The van der Waals surface area contributed by atoms with E-state index in [0.717, 1.165) is 61.9 Å². The molecule has 0 aromatic heterocycles. The van der Waals surface area contributed by atoms with E-state index >= 15 is 0 Å². The average molecular weight is 514 g/mol. The number of benzene rings is 1. The average Bonchev–Trinajstić information content (AvgIpc) is 3.13. The first-order valence-electron chi connectivity index (χ1n) is 14.0. The Balaban J connectivity index is 1.07. The molecule has 33 heavy (non-hydrogen) atoms. The molecule has 1 unspecified atom stereocenters. The van der Waals surface area contributed by atoms with Crippen LogP contribution in [0.15, 0.2) is 22.7 Å². The van der Waals surface area contributed by atoms with Gasteiger partial charge in [-0.3, -0.25) is 9.80 Å². The second kappa shape index (κ2) is 8.61. The number of hydrogen-bond acceptors (Lipinski definition) is 3. The van der Waals surface area contributed by atoms with Crippen molar-refractivity contribution >= 4 is 15.9 Å². The number of rotatable bonds is 4. The quantitative estimate of drug-likeness (QED) is 0.505. The Hall–Kier alpha value is -0.420. The molecule has 180 valence electrons. The van der Waals surface area contributed by atoms with E-state index in [9.17, 15) is 0 Å². The van der Waals surface area contributed by atoms with E-state index in [1.165, 1.54) is 49.8 Å². The minimum atomic E-state index is 0.410. The van der Waals surface area contributed by atoms with Crippen LogP contribution < -0.4 is 0 Å². The van der Waals surface area contributed by atoms with Crippen LogP contribution in [0.4, 0.5) is 0 Å². The Labute approximate surface area is 208 Å². The van der Waals surface area contributed by atoms with Gasteiger partial charge in [-0.25, -0.2) is 0 Å². The summed E-state index contributed by atoms with van der Waals surface area (Å²) in [6.07, 6.45) is 13.2. The molecule has 0 N–H and O–H groups in total. The molecule has 6 fully saturated rings. The van der Waals surface area contributed by atoms with Gasteiger partial charge in [0.15, 0.2) is 0 Å². The summed E-state index contributed by atoms with van der Waals surface area (Å²) < 4.78 is 6.96. The van der Waals surface area contributed by atoms with Gasteiger partial charge in [0.25, 0.3) is 0 Å². The fourth-order valence-corrected chi connectivity index (χ4v) is 10.5. The fourth-order valence-electron chi connectivity index (χ4n) is 9.74. The molecule has 4 bridgehead atoms. The van der Waals surface area contributed by atoms with Crippen molar-refractivity contribution in [1.82, 2.24) is 9.80 Å². The monoisotopic (exact) mass is 512 g/mol. The number of morpholine rings is 1. The van der Waals surface area contributed by atoms with E-state index in [2.05, 4.69) is 43.9 Å². The lowest BCUT2D eigenvalue weighted by Crippen LogP contribution is -2.58. The van der Waals surface area contributed by atoms with Crippen LogP contribution in [0.25, 0.3) is 0 Å². The summed E-state index contributed by atoms with van der Waals surface area (Å²) in [5, 5.41) is 0. The molecule has 2 heterocycles. The Bertz CT molecular complexity index is 844. The number of ether oxygens (including phenoxy) is 1. The van der Waals surface area contributed by atoms with E-state index in [-0.39, 0.29) is 0 Å². The third-order valence-corrected chi connectivity index (χ3v) is 11.6.